The Morgan fingerprint density at radius 2 is 1.69 bits per heavy atom. The molecule has 0 saturated carbocycles. The Bertz CT molecular complexity index is 380. The van der Waals surface area contributed by atoms with E-state index in [0.717, 1.165) is 10.8 Å². The molecular formula is C11H15F3OSi. The summed E-state index contributed by atoms with van der Waals surface area (Å²) < 4.78 is 39.8. The highest BCUT2D eigenvalue weighted by molar-refractivity contribution is 6.89. The molecule has 0 N–H and O–H groups in total. The van der Waals surface area contributed by atoms with Gasteiger partial charge in [0.2, 0.25) is 0 Å². The van der Waals surface area contributed by atoms with E-state index in [-0.39, 0.29) is 5.75 Å². The number of aryl methyl sites for hydroxylation is 1. The lowest BCUT2D eigenvalue weighted by Crippen LogP contribution is -2.39. The van der Waals surface area contributed by atoms with Crippen LogP contribution in [0.2, 0.25) is 19.6 Å². The van der Waals surface area contributed by atoms with Crippen molar-refractivity contribution in [2.24, 2.45) is 0 Å². The summed E-state index contributed by atoms with van der Waals surface area (Å²) in [6.07, 6.45) is -4.62. The second-order valence-corrected chi connectivity index (χ2v) is 9.81. The van der Waals surface area contributed by atoms with E-state index in [1.807, 2.05) is 6.92 Å². The molecule has 0 bridgehead atoms. The molecule has 0 aliphatic carbocycles. The van der Waals surface area contributed by atoms with Crippen LogP contribution in [0.1, 0.15) is 5.56 Å². The molecule has 0 radical (unpaired) electrons. The first-order valence-corrected chi connectivity index (χ1v) is 8.46. The van der Waals surface area contributed by atoms with Crippen LogP contribution < -0.4 is 9.92 Å². The molecule has 0 saturated heterocycles. The van der Waals surface area contributed by atoms with Gasteiger partial charge in [-0.15, -0.1) is 13.2 Å². The first-order chi connectivity index (χ1) is 7.09. The van der Waals surface area contributed by atoms with Gasteiger partial charge in [0, 0.05) is 0 Å². The van der Waals surface area contributed by atoms with Gasteiger partial charge in [0.1, 0.15) is 5.75 Å². The summed E-state index contributed by atoms with van der Waals surface area (Å²) in [6.45, 7) is 8.27. The predicted molar refractivity (Wildman–Crippen MR) is 60.8 cm³/mol. The van der Waals surface area contributed by atoms with Crippen molar-refractivity contribution in [2.75, 3.05) is 0 Å². The summed E-state index contributed by atoms with van der Waals surface area (Å²) in [7, 11) is -1.50. The number of ether oxygens (including phenoxy) is 1. The average molecular weight is 248 g/mol. The van der Waals surface area contributed by atoms with Crippen molar-refractivity contribution in [3.63, 3.8) is 0 Å². The lowest BCUT2D eigenvalue weighted by atomic mass is 10.2. The molecular weight excluding hydrogens is 233 g/mol. The Balaban J connectivity index is 3.01. The minimum atomic E-state index is -4.62. The van der Waals surface area contributed by atoms with E-state index in [1.165, 1.54) is 12.1 Å². The zero-order valence-electron chi connectivity index (χ0n) is 9.77. The molecule has 0 spiro atoms. The first kappa shape index (κ1) is 13.1. The van der Waals surface area contributed by atoms with Gasteiger partial charge in [-0.2, -0.15) is 0 Å². The molecule has 0 amide bonds. The van der Waals surface area contributed by atoms with E-state index >= 15 is 0 Å². The Hall–Kier alpha value is -0.973. The normalized spacial score (nSPS) is 12.7. The van der Waals surface area contributed by atoms with Crippen LogP contribution in [-0.2, 0) is 0 Å². The second kappa shape index (κ2) is 4.12. The standard InChI is InChI=1S/C11H15F3OSi/c1-8-7-9(15-11(12,13)14)5-6-10(8)16(2,3)4/h5-7H,1-4H3. The summed E-state index contributed by atoms with van der Waals surface area (Å²) in [5, 5.41) is 1.15. The van der Waals surface area contributed by atoms with E-state index in [9.17, 15) is 13.2 Å². The second-order valence-electron chi connectivity index (χ2n) is 4.77. The van der Waals surface area contributed by atoms with Gasteiger partial charge in [-0.25, -0.2) is 0 Å². The van der Waals surface area contributed by atoms with Crippen molar-refractivity contribution in [2.45, 2.75) is 32.9 Å². The van der Waals surface area contributed by atoms with Gasteiger partial charge >= 0.3 is 6.36 Å². The highest BCUT2D eigenvalue weighted by Crippen LogP contribution is 2.23. The summed E-state index contributed by atoms with van der Waals surface area (Å²) in [5.41, 5.74) is 0.862. The maximum absolute atomic E-state index is 12.0. The fourth-order valence-electron chi connectivity index (χ4n) is 1.67. The first-order valence-electron chi connectivity index (χ1n) is 4.96. The smallest absolute Gasteiger partial charge is 0.406 e. The summed E-state index contributed by atoms with van der Waals surface area (Å²) in [4.78, 5) is 0. The van der Waals surface area contributed by atoms with Crippen LogP contribution in [0.5, 0.6) is 5.75 Å². The quantitative estimate of drug-likeness (QED) is 0.728. The zero-order valence-corrected chi connectivity index (χ0v) is 10.8. The Morgan fingerprint density at radius 3 is 2.06 bits per heavy atom. The number of benzene rings is 1. The van der Waals surface area contributed by atoms with Crippen LogP contribution >= 0.6 is 0 Å². The van der Waals surface area contributed by atoms with Crippen molar-refractivity contribution in [3.05, 3.63) is 23.8 Å². The fraction of sp³-hybridized carbons (Fsp3) is 0.455. The van der Waals surface area contributed by atoms with Crippen molar-refractivity contribution in [1.29, 1.82) is 0 Å². The maximum Gasteiger partial charge on any atom is 0.573 e. The minimum Gasteiger partial charge on any atom is -0.406 e. The van der Waals surface area contributed by atoms with Gasteiger partial charge in [0.05, 0.1) is 8.07 Å². The maximum atomic E-state index is 12.0. The van der Waals surface area contributed by atoms with E-state index in [4.69, 9.17) is 0 Å². The molecule has 16 heavy (non-hydrogen) atoms. The molecule has 0 aromatic heterocycles. The van der Waals surface area contributed by atoms with Gasteiger partial charge in [-0.05, 0) is 24.6 Å². The van der Waals surface area contributed by atoms with Crippen molar-refractivity contribution in [1.82, 2.24) is 0 Å². The van der Waals surface area contributed by atoms with Crippen LogP contribution in [0.25, 0.3) is 0 Å². The predicted octanol–water partition coefficient (Wildman–Crippen LogP) is 3.44. The highest BCUT2D eigenvalue weighted by Gasteiger charge is 2.31. The fourth-order valence-corrected chi connectivity index (χ4v) is 3.51. The molecule has 0 unspecified atom stereocenters. The molecule has 0 aliphatic heterocycles. The SMILES string of the molecule is Cc1cc(OC(F)(F)F)ccc1[Si](C)(C)C. The molecule has 0 aliphatic rings. The van der Waals surface area contributed by atoms with Crippen LogP contribution in [-0.4, -0.2) is 14.4 Å². The lowest BCUT2D eigenvalue weighted by molar-refractivity contribution is -0.274. The van der Waals surface area contributed by atoms with E-state index in [0.29, 0.717) is 0 Å². The van der Waals surface area contributed by atoms with Gasteiger partial charge < -0.3 is 4.74 Å². The summed E-state index contributed by atoms with van der Waals surface area (Å²) in [5.74, 6) is -0.146. The van der Waals surface area contributed by atoms with Gasteiger partial charge in [-0.3, -0.25) is 0 Å². The van der Waals surface area contributed by atoms with Crippen molar-refractivity contribution in [3.8, 4) is 5.75 Å². The van der Waals surface area contributed by atoms with Crippen LogP contribution in [0.15, 0.2) is 18.2 Å². The molecule has 90 valence electrons. The van der Waals surface area contributed by atoms with E-state index in [1.54, 1.807) is 6.07 Å². The molecule has 5 heteroatoms. The molecule has 1 aromatic carbocycles. The minimum absolute atomic E-state index is 0.146. The van der Waals surface area contributed by atoms with Crippen molar-refractivity contribution >= 4 is 13.3 Å². The third kappa shape index (κ3) is 3.55. The van der Waals surface area contributed by atoms with Crippen LogP contribution in [0.4, 0.5) is 13.2 Å². The number of rotatable bonds is 2. The number of hydrogen-bond acceptors (Lipinski definition) is 1. The van der Waals surface area contributed by atoms with Gasteiger partial charge in [0.25, 0.3) is 0 Å². The van der Waals surface area contributed by atoms with E-state index in [2.05, 4.69) is 24.4 Å². The monoisotopic (exact) mass is 248 g/mol. The molecule has 1 rings (SSSR count). The lowest BCUT2D eigenvalue weighted by Gasteiger charge is -2.20. The third-order valence-corrected chi connectivity index (χ3v) is 4.42. The van der Waals surface area contributed by atoms with Crippen LogP contribution in [0.3, 0.4) is 0 Å². The summed E-state index contributed by atoms with van der Waals surface area (Å²) in [6, 6.07) is 4.57. The Morgan fingerprint density at radius 1 is 1.12 bits per heavy atom. The van der Waals surface area contributed by atoms with E-state index < -0.39 is 14.4 Å². The number of hydrogen-bond donors (Lipinski definition) is 0. The largest absolute Gasteiger partial charge is 0.573 e. The van der Waals surface area contributed by atoms with Gasteiger partial charge in [-0.1, -0.05) is 30.9 Å². The van der Waals surface area contributed by atoms with Crippen molar-refractivity contribution < 1.29 is 17.9 Å². The molecule has 1 aromatic rings. The Labute approximate surface area is 94.2 Å². The molecule has 1 nitrogen and oxygen atoms in total. The highest BCUT2D eigenvalue weighted by atomic mass is 28.3. The third-order valence-electron chi connectivity index (χ3n) is 2.24. The molecule has 0 fully saturated rings. The number of halogens is 3. The molecule has 0 heterocycles. The summed E-state index contributed by atoms with van der Waals surface area (Å²) >= 11 is 0. The number of alkyl halides is 3. The molecule has 0 atom stereocenters. The zero-order chi connectivity index (χ0) is 12.6. The Kier molecular flexibility index (Phi) is 3.37. The van der Waals surface area contributed by atoms with Gasteiger partial charge in [0.15, 0.2) is 0 Å². The average Bonchev–Trinajstić information content (AvgIpc) is 1.97. The van der Waals surface area contributed by atoms with Crippen LogP contribution in [0, 0.1) is 6.92 Å². The topological polar surface area (TPSA) is 9.23 Å².